The highest BCUT2D eigenvalue weighted by atomic mass is 32.1. The van der Waals surface area contributed by atoms with E-state index >= 15 is 0 Å². The van der Waals surface area contributed by atoms with Gasteiger partial charge in [-0.25, -0.2) is 9.66 Å². The highest BCUT2D eigenvalue weighted by molar-refractivity contribution is 7.16. The Labute approximate surface area is 187 Å². The molecule has 1 aromatic carbocycles. The van der Waals surface area contributed by atoms with Crippen molar-refractivity contribution >= 4 is 39.1 Å². The maximum absolute atomic E-state index is 12.9. The number of anilines is 1. The van der Waals surface area contributed by atoms with E-state index < -0.39 is 11.8 Å². The van der Waals surface area contributed by atoms with Gasteiger partial charge >= 0.3 is 0 Å². The van der Waals surface area contributed by atoms with Crippen molar-refractivity contribution in [3.63, 3.8) is 0 Å². The summed E-state index contributed by atoms with van der Waals surface area (Å²) in [5, 5.41) is 2.21. The first-order valence-corrected chi connectivity index (χ1v) is 10.6. The number of aromatic nitrogens is 2. The van der Waals surface area contributed by atoms with Gasteiger partial charge in [-0.3, -0.25) is 19.8 Å². The summed E-state index contributed by atoms with van der Waals surface area (Å²) in [6, 6.07) is 4.98. The number of thiophene rings is 1. The topological polar surface area (TPSA) is 112 Å². The first-order chi connectivity index (χ1) is 15.4. The highest BCUT2D eigenvalue weighted by Crippen LogP contribution is 2.42. The Bertz CT molecular complexity index is 1240. The van der Waals surface area contributed by atoms with E-state index in [0.29, 0.717) is 39.0 Å². The number of nitrogens with zero attached hydrogens (tertiary/aromatic N) is 3. The average molecular weight is 458 g/mol. The Morgan fingerprint density at radius 3 is 2.47 bits per heavy atom. The zero-order valence-corrected chi connectivity index (χ0v) is 18.8. The summed E-state index contributed by atoms with van der Waals surface area (Å²) in [4.78, 5) is 44.8. The van der Waals surface area contributed by atoms with Crippen molar-refractivity contribution in [2.75, 3.05) is 38.2 Å². The van der Waals surface area contributed by atoms with Crippen LogP contribution in [0.1, 0.15) is 12.2 Å². The van der Waals surface area contributed by atoms with Gasteiger partial charge in [0.25, 0.3) is 5.56 Å². The van der Waals surface area contributed by atoms with Gasteiger partial charge in [0.2, 0.25) is 17.6 Å². The monoisotopic (exact) mass is 458 g/mol. The van der Waals surface area contributed by atoms with Gasteiger partial charge in [-0.1, -0.05) is 0 Å². The van der Waals surface area contributed by atoms with Gasteiger partial charge in [-0.2, -0.15) is 0 Å². The van der Waals surface area contributed by atoms with Crippen molar-refractivity contribution in [1.29, 1.82) is 0 Å². The number of methoxy groups -OCH3 is 3. The zero-order valence-electron chi connectivity index (χ0n) is 18.0. The molecule has 3 heterocycles. The molecular weight excluding hydrogens is 436 g/mol. The standard InChI is InChI=1S/C21H22N4O6S/c1-11-22-20-14(5-6-32-20)21(28)25(11)23-19(27)12-7-17(26)24(10-12)13-8-15(29-2)18(31-4)16(9-13)30-3/h5-6,8-9,12H,7,10H2,1-4H3,(H,23,27). The van der Waals surface area contributed by atoms with Crippen LogP contribution in [0.15, 0.2) is 28.4 Å². The van der Waals surface area contributed by atoms with Crippen molar-refractivity contribution in [2.45, 2.75) is 13.3 Å². The number of aryl methyl sites for hydroxylation is 1. The molecule has 1 saturated heterocycles. The molecule has 32 heavy (non-hydrogen) atoms. The summed E-state index contributed by atoms with van der Waals surface area (Å²) < 4.78 is 17.2. The van der Waals surface area contributed by atoms with Crippen molar-refractivity contribution in [3.8, 4) is 17.2 Å². The lowest BCUT2D eigenvalue weighted by Crippen LogP contribution is -2.39. The third-order valence-electron chi connectivity index (χ3n) is 5.34. The number of carbonyl (C=O) groups is 2. The predicted octanol–water partition coefficient (Wildman–Crippen LogP) is 1.92. The van der Waals surface area contributed by atoms with Gasteiger partial charge < -0.3 is 19.1 Å². The van der Waals surface area contributed by atoms with Crippen LogP contribution >= 0.6 is 11.3 Å². The van der Waals surface area contributed by atoms with E-state index in [2.05, 4.69) is 10.4 Å². The van der Waals surface area contributed by atoms with Crippen LogP contribution in [-0.2, 0) is 9.59 Å². The van der Waals surface area contributed by atoms with Gasteiger partial charge in [0.1, 0.15) is 10.7 Å². The van der Waals surface area contributed by atoms with Gasteiger partial charge in [0.05, 0.1) is 38.3 Å². The number of carbonyl (C=O) groups excluding carboxylic acids is 2. The van der Waals surface area contributed by atoms with E-state index in [1.807, 2.05) is 0 Å². The summed E-state index contributed by atoms with van der Waals surface area (Å²) in [7, 11) is 4.47. The van der Waals surface area contributed by atoms with Crippen molar-refractivity contribution in [1.82, 2.24) is 9.66 Å². The molecule has 168 valence electrons. The molecule has 10 nitrogen and oxygen atoms in total. The second-order valence-electron chi connectivity index (χ2n) is 7.20. The zero-order chi connectivity index (χ0) is 23.0. The lowest BCUT2D eigenvalue weighted by Gasteiger charge is -2.20. The number of nitrogens with one attached hydrogen (secondary N) is 1. The van der Waals surface area contributed by atoms with Crippen LogP contribution in [0, 0.1) is 12.8 Å². The van der Waals surface area contributed by atoms with Crippen LogP contribution in [0.5, 0.6) is 17.2 Å². The minimum absolute atomic E-state index is 0.00438. The van der Waals surface area contributed by atoms with Crippen LogP contribution in [0.3, 0.4) is 0 Å². The molecule has 1 aliphatic rings. The lowest BCUT2D eigenvalue weighted by molar-refractivity contribution is -0.123. The van der Waals surface area contributed by atoms with Crippen molar-refractivity contribution in [3.05, 3.63) is 39.8 Å². The predicted molar refractivity (Wildman–Crippen MR) is 120 cm³/mol. The molecule has 1 fully saturated rings. The first-order valence-electron chi connectivity index (χ1n) is 9.76. The van der Waals surface area contributed by atoms with Crippen LogP contribution in [-0.4, -0.2) is 49.3 Å². The smallest absolute Gasteiger partial charge is 0.281 e. The normalized spacial score (nSPS) is 15.8. The molecule has 3 aromatic rings. The molecule has 1 aliphatic heterocycles. The fraction of sp³-hybridized carbons (Fsp3) is 0.333. The first kappa shape index (κ1) is 21.6. The van der Waals surface area contributed by atoms with E-state index in [1.54, 1.807) is 30.5 Å². The number of amides is 2. The number of rotatable bonds is 6. The maximum atomic E-state index is 12.9. The fourth-order valence-electron chi connectivity index (χ4n) is 3.70. The Morgan fingerprint density at radius 2 is 1.84 bits per heavy atom. The summed E-state index contributed by atoms with van der Waals surface area (Å²) in [6.45, 7) is 1.79. The van der Waals surface area contributed by atoms with Gasteiger partial charge in [-0.05, 0) is 18.4 Å². The summed E-state index contributed by atoms with van der Waals surface area (Å²) in [5.74, 6) is 0.269. The quantitative estimate of drug-likeness (QED) is 0.601. The van der Waals surface area contributed by atoms with Crippen LogP contribution in [0.25, 0.3) is 10.2 Å². The third kappa shape index (κ3) is 3.64. The molecule has 4 rings (SSSR count). The summed E-state index contributed by atoms with van der Waals surface area (Å²) >= 11 is 1.36. The SMILES string of the molecule is COc1cc(N2CC(C(=O)Nn3c(C)nc4sccc4c3=O)CC2=O)cc(OC)c1OC. The van der Waals surface area contributed by atoms with Gasteiger partial charge in [-0.15, -0.1) is 11.3 Å². The van der Waals surface area contributed by atoms with Gasteiger partial charge in [0, 0.05) is 25.1 Å². The maximum Gasteiger partial charge on any atom is 0.281 e. The van der Waals surface area contributed by atoms with Crippen LogP contribution < -0.4 is 30.1 Å². The van der Waals surface area contributed by atoms with E-state index in [4.69, 9.17) is 14.2 Å². The molecule has 0 spiro atoms. The highest BCUT2D eigenvalue weighted by Gasteiger charge is 2.36. The molecule has 0 radical (unpaired) electrons. The van der Waals surface area contributed by atoms with E-state index in [9.17, 15) is 14.4 Å². The molecule has 0 bridgehead atoms. The second kappa shape index (κ2) is 8.50. The number of fused-ring (bicyclic) bond motifs is 1. The summed E-state index contributed by atoms with van der Waals surface area (Å²) in [6.07, 6.45) is 0.00438. The number of benzene rings is 1. The molecule has 1 atom stereocenters. The largest absolute Gasteiger partial charge is 0.493 e. The molecular formula is C21H22N4O6S. The average Bonchev–Trinajstić information content (AvgIpc) is 3.42. The number of hydrogen-bond donors (Lipinski definition) is 1. The molecule has 2 aromatic heterocycles. The Balaban J connectivity index is 1.58. The molecule has 0 saturated carbocycles. The molecule has 0 aliphatic carbocycles. The van der Waals surface area contributed by atoms with Gasteiger partial charge in [0.15, 0.2) is 11.5 Å². The fourth-order valence-corrected chi connectivity index (χ4v) is 4.50. The minimum Gasteiger partial charge on any atom is -0.493 e. The Hall–Kier alpha value is -3.60. The van der Waals surface area contributed by atoms with E-state index in [1.165, 1.54) is 37.6 Å². The second-order valence-corrected chi connectivity index (χ2v) is 8.10. The minimum atomic E-state index is -0.647. The Morgan fingerprint density at radius 1 is 1.16 bits per heavy atom. The molecule has 2 amide bonds. The lowest BCUT2D eigenvalue weighted by atomic mass is 10.1. The molecule has 11 heteroatoms. The van der Waals surface area contributed by atoms with E-state index in [-0.39, 0.29) is 24.4 Å². The number of ether oxygens (including phenoxy) is 3. The third-order valence-corrected chi connectivity index (χ3v) is 6.15. The Kier molecular flexibility index (Phi) is 5.74. The van der Waals surface area contributed by atoms with E-state index in [0.717, 1.165) is 4.68 Å². The molecule has 1 N–H and O–H groups in total. The molecule has 1 unspecified atom stereocenters. The van der Waals surface area contributed by atoms with Crippen molar-refractivity contribution in [2.24, 2.45) is 5.92 Å². The summed E-state index contributed by atoms with van der Waals surface area (Å²) in [5.41, 5.74) is 2.79. The van der Waals surface area contributed by atoms with Crippen molar-refractivity contribution < 1.29 is 23.8 Å². The van der Waals surface area contributed by atoms with Crippen LogP contribution in [0.4, 0.5) is 5.69 Å². The van der Waals surface area contributed by atoms with Crippen LogP contribution in [0.2, 0.25) is 0 Å². The number of hydrogen-bond acceptors (Lipinski definition) is 8.